The fourth-order valence-electron chi connectivity index (χ4n) is 1.39. The van der Waals surface area contributed by atoms with Gasteiger partial charge in [0.25, 0.3) is 0 Å². The Hall–Kier alpha value is -0.240. The second-order valence-electron chi connectivity index (χ2n) is 3.67. The zero-order valence-corrected chi connectivity index (χ0v) is 9.09. The van der Waals surface area contributed by atoms with Crippen LogP contribution in [0.25, 0.3) is 0 Å². The molecule has 0 bridgehead atoms. The molecule has 1 rings (SSSR count). The van der Waals surface area contributed by atoms with Crippen molar-refractivity contribution in [2.45, 2.75) is 38.8 Å². The molecule has 2 N–H and O–H groups in total. The largest absolute Gasteiger partial charge is 0.512 e. The molecule has 0 radical (unpaired) electrons. The lowest BCUT2D eigenvalue weighted by atomic mass is 10.2. The molecular weight excluding hydrogens is 185 g/mol. The molecule has 0 aromatic heterocycles. The van der Waals surface area contributed by atoms with E-state index in [2.05, 4.69) is 0 Å². The maximum Gasteiger partial charge on any atom is 0.512 e. The van der Waals surface area contributed by atoms with E-state index in [1.165, 1.54) is 5.57 Å². The van der Waals surface area contributed by atoms with E-state index < -0.39 is 8.03 Å². The fraction of sp³-hybridized carbons (Fsp3) is 0.778. The molecule has 0 aliphatic heterocycles. The van der Waals surface area contributed by atoms with Crippen molar-refractivity contribution >= 4 is 8.03 Å². The summed E-state index contributed by atoms with van der Waals surface area (Å²) in [6.07, 6.45) is 4.57. The summed E-state index contributed by atoms with van der Waals surface area (Å²) in [7, 11) is -1.52. The van der Waals surface area contributed by atoms with Crippen molar-refractivity contribution in [1.29, 1.82) is 0 Å². The lowest BCUT2D eigenvalue weighted by Crippen LogP contribution is -2.11. The van der Waals surface area contributed by atoms with E-state index in [1.54, 1.807) is 0 Å². The lowest BCUT2D eigenvalue weighted by Gasteiger charge is -1.94. The maximum atomic E-state index is 11.4. The third-order valence-corrected chi connectivity index (χ3v) is 3.23. The highest BCUT2D eigenvalue weighted by atomic mass is 31.1. The third kappa shape index (κ3) is 3.99. The average Bonchev–Trinajstić information content (AvgIpc) is 2.33. The van der Waals surface area contributed by atoms with Crippen molar-refractivity contribution in [2.24, 2.45) is 5.73 Å². The lowest BCUT2D eigenvalue weighted by molar-refractivity contribution is 0.257. The number of rotatable bonds is 4. The summed E-state index contributed by atoms with van der Waals surface area (Å²) < 4.78 is 16.5. The quantitative estimate of drug-likeness (QED) is 0.561. The van der Waals surface area contributed by atoms with Crippen molar-refractivity contribution in [2.75, 3.05) is 6.16 Å². The summed E-state index contributed by atoms with van der Waals surface area (Å²) in [6, 6.07) is 0.164. The van der Waals surface area contributed by atoms with Gasteiger partial charge >= 0.3 is 8.03 Å². The SMILES string of the molecule is CC(C)O[P+](=O)CC1=CC(N)CC1. The third-order valence-electron chi connectivity index (χ3n) is 1.91. The minimum atomic E-state index is -1.52. The standard InChI is InChI=1S/C9H17NO2P/c1-7(2)12-13(11)6-8-3-4-9(10)5-8/h5,7,9H,3-4,6,10H2,1-2H3/q+1. The first kappa shape index (κ1) is 10.8. The fourth-order valence-corrected chi connectivity index (χ4v) is 2.53. The molecule has 2 unspecified atom stereocenters. The summed E-state index contributed by atoms with van der Waals surface area (Å²) in [5.41, 5.74) is 6.88. The number of nitrogens with two attached hydrogens (primary N) is 1. The zero-order chi connectivity index (χ0) is 9.84. The molecule has 0 saturated carbocycles. The van der Waals surface area contributed by atoms with E-state index >= 15 is 0 Å². The van der Waals surface area contributed by atoms with Gasteiger partial charge in [-0.1, -0.05) is 6.08 Å². The molecule has 0 heterocycles. The van der Waals surface area contributed by atoms with Gasteiger partial charge in [0, 0.05) is 6.04 Å². The van der Waals surface area contributed by atoms with Crippen LogP contribution in [-0.2, 0) is 9.09 Å². The molecule has 0 aromatic carbocycles. The molecule has 0 spiro atoms. The Balaban J connectivity index is 2.32. The Morgan fingerprint density at radius 1 is 1.77 bits per heavy atom. The van der Waals surface area contributed by atoms with Gasteiger partial charge in [0.15, 0.2) is 6.16 Å². The highest BCUT2D eigenvalue weighted by Crippen LogP contribution is 2.31. The van der Waals surface area contributed by atoms with Crippen LogP contribution in [0.4, 0.5) is 0 Å². The molecule has 1 aliphatic carbocycles. The smallest absolute Gasteiger partial charge is 0.324 e. The van der Waals surface area contributed by atoms with E-state index in [9.17, 15) is 4.57 Å². The predicted octanol–water partition coefficient (Wildman–Crippen LogP) is 2.20. The first-order valence-corrected chi connectivity index (χ1v) is 6.01. The maximum absolute atomic E-state index is 11.4. The first-order valence-electron chi connectivity index (χ1n) is 4.64. The summed E-state index contributed by atoms with van der Waals surface area (Å²) in [5.74, 6) is 0. The second-order valence-corrected chi connectivity index (χ2v) is 4.86. The topological polar surface area (TPSA) is 52.3 Å². The van der Waals surface area contributed by atoms with E-state index in [1.807, 2.05) is 19.9 Å². The van der Waals surface area contributed by atoms with Crippen molar-refractivity contribution in [3.63, 3.8) is 0 Å². The summed E-state index contributed by atoms with van der Waals surface area (Å²) in [5, 5.41) is 0. The normalized spacial score (nSPS) is 23.5. The Morgan fingerprint density at radius 3 is 2.92 bits per heavy atom. The monoisotopic (exact) mass is 202 g/mol. The van der Waals surface area contributed by atoms with Gasteiger partial charge < -0.3 is 5.73 Å². The van der Waals surface area contributed by atoms with Crippen LogP contribution in [0.3, 0.4) is 0 Å². The summed E-state index contributed by atoms with van der Waals surface area (Å²) >= 11 is 0. The molecule has 1 aliphatic rings. The Morgan fingerprint density at radius 2 is 2.46 bits per heavy atom. The average molecular weight is 202 g/mol. The molecule has 2 atom stereocenters. The van der Waals surface area contributed by atoms with Crippen molar-refractivity contribution in [1.82, 2.24) is 0 Å². The van der Waals surface area contributed by atoms with Crippen LogP contribution >= 0.6 is 8.03 Å². The zero-order valence-electron chi connectivity index (χ0n) is 8.19. The molecule has 0 aromatic rings. The van der Waals surface area contributed by atoms with E-state index in [-0.39, 0.29) is 12.1 Å². The van der Waals surface area contributed by atoms with E-state index in [4.69, 9.17) is 10.3 Å². The molecule has 0 saturated heterocycles. The van der Waals surface area contributed by atoms with Crippen LogP contribution in [0.1, 0.15) is 26.7 Å². The predicted molar refractivity (Wildman–Crippen MR) is 54.0 cm³/mol. The van der Waals surface area contributed by atoms with Crippen LogP contribution in [0.2, 0.25) is 0 Å². The Kier molecular flexibility index (Phi) is 4.04. The number of hydrogen-bond donors (Lipinski definition) is 1. The number of hydrogen-bond acceptors (Lipinski definition) is 3. The van der Waals surface area contributed by atoms with Crippen LogP contribution in [0, 0.1) is 0 Å². The molecule has 4 heteroatoms. The van der Waals surface area contributed by atoms with Gasteiger partial charge in [0.2, 0.25) is 0 Å². The highest BCUT2D eigenvalue weighted by Gasteiger charge is 2.24. The van der Waals surface area contributed by atoms with Gasteiger partial charge in [0.1, 0.15) is 6.10 Å². The molecule has 0 amide bonds. The first-order chi connectivity index (χ1) is 6.08. The van der Waals surface area contributed by atoms with E-state index in [0.29, 0.717) is 6.16 Å². The molecular formula is C9H17NO2P+. The van der Waals surface area contributed by atoms with Crippen molar-refractivity contribution < 1.29 is 9.09 Å². The summed E-state index contributed by atoms with van der Waals surface area (Å²) in [4.78, 5) is 0. The van der Waals surface area contributed by atoms with Gasteiger partial charge in [-0.3, -0.25) is 0 Å². The Bertz CT molecular complexity index is 226. The minimum absolute atomic E-state index is 0.0410. The second kappa shape index (κ2) is 4.85. The van der Waals surface area contributed by atoms with Gasteiger partial charge in [-0.15, -0.1) is 4.52 Å². The minimum Gasteiger partial charge on any atom is -0.324 e. The van der Waals surface area contributed by atoms with Gasteiger partial charge in [-0.05, 0) is 36.8 Å². The van der Waals surface area contributed by atoms with Crippen LogP contribution in [-0.4, -0.2) is 18.3 Å². The van der Waals surface area contributed by atoms with Gasteiger partial charge in [0.05, 0.1) is 0 Å². The molecule has 0 fully saturated rings. The Labute approximate surface area is 80.2 Å². The summed E-state index contributed by atoms with van der Waals surface area (Å²) in [6.45, 7) is 3.78. The molecule has 13 heavy (non-hydrogen) atoms. The van der Waals surface area contributed by atoms with Gasteiger partial charge in [-0.2, -0.15) is 0 Å². The van der Waals surface area contributed by atoms with Crippen molar-refractivity contribution in [3.8, 4) is 0 Å². The molecule has 3 nitrogen and oxygen atoms in total. The van der Waals surface area contributed by atoms with Crippen molar-refractivity contribution in [3.05, 3.63) is 11.6 Å². The highest BCUT2D eigenvalue weighted by molar-refractivity contribution is 7.39. The van der Waals surface area contributed by atoms with E-state index in [0.717, 1.165) is 12.8 Å². The number of allylic oxidation sites excluding steroid dienone is 1. The van der Waals surface area contributed by atoms with Gasteiger partial charge in [-0.25, -0.2) is 0 Å². The molecule has 74 valence electrons. The van der Waals surface area contributed by atoms with Crippen LogP contribution in [0.15, 0.2) is 11.6 Å². The van der Waals surface area contributed by atoms with Crippen LogP contribution in [0.5, 0.6) is 0 Å². The van der Waals surface area contributed by atoms with Crippen LogP contribution < -0.4 is 5.73 Å².